The molecule has 0 spiro atoms. The number of halogens is 1. The van der Waals surface area contributed by atoms with Crippen LogP contribution in [0.25, 0.3) is 0 Å². The van der Waals surface area contributed by atoms with Gasteiger partial charge in [0.25, 0.3) is 0 Å². The van der Waals surface area contributed by atoms with E-state index < -0.39 is 0 Å². The van der Waals surface area contributed by atoms with E-state index in [4.69, 9.17) is 4.74 Å². The molecule has 2 saturated heterocycles. The summed E-state index contributed by atoms with van der Waals surface area (Å²) in [5.74, 6) is -0.656. The molecule has 4 heteroatoms. The first-order valence-electron chi connectivity index (χ1n) is 7.28. The van der Waals surface area contributed by atoms with Crippen molar-refractivity contribution < 1.29 is 13.9 Å². The lowest BCUT2D eigenvalue weighted by molar-refractivity contribution is -0.151. The summed E-state index contributed by atoms with van der Waals surface area (Å²) in [6, 6.07) is 7.45. The molecule has 2 aliphatic rings. The van der Waals surface area contributed by atoms with Crippen LogP contribution in [0.1, 0.15) is 31.2 Å². The molecule has 2 unspecified atom stereocenters. The largest absolute Gasteiger partial charge is 0.462 e. The zero-order valence-electron chi connectivity index (χ0n) is 11.7. The number of hydrogen-bond acceptors (Lipinski definition) is 3. The molecule has 2 atom stereocenters. The lowest BCUT2D eigenvalue weighted by atomic mass is 10.0. The van der Waals surface area contributed by atoms with E-state index in [0.717, 1.165) is 12.8 Å². The van der Waals surface area contributed by atoms with Gasteiger partial charge in [-0.1, -0.05) is 18.2 Å². The molecular weight excluding hydrogens is 257 g/mol. The van der Waals surface area contributed by atoms with Crippen LogP contribution in [-0.2, 0) is 16.0 Å². The zero-order valence-corrected chi connectivity index (χ0v) is 11.7. The molecule has 0 saturated carbocycles. The number of carbonyl (C=O) groups is 1. The number of ether oxygens (including phenoxy) is 1. The first kappa shape index (κ1) is 13.6. The number of benzene rings is 1. The van der Waals surface area contributed by atoms with Crippen molar-refractivity contribution in [1.29, 1.82) is 0 Å². The van der Waals surface area contributed by atoms with Crippen LogP contribution in [0.3, 0.4) is 0 Å². The Hall–Kier alpha value is -1.42. The van der Waals surface area contributed by atoms with Gasteiger partial charge in [-0.15, -0.1) is 0 Å². The fraction of sp³-hybridized carbons (Fsp3) is 0.562. The van der Waals surface area contributed by atoms with E-state index in [1.807, 2.05) is 0 Å². The molecule has 20 heavy (non-hydrogen) atoms. The molecule has 2 aliphatic heterocycles. The predicted octanol–water partition coefficient (Wildman–Crippen LogP) is 2.54. The van der Waals surface area contributed by atoms with Crippen molar-refractivity contribution in [1.82, 2.24) is 4.90 Å². The Morgan fingerprint density at radius 2 is 1.95 bits per heavy atom. The van der Waals surface area contributed by atoms with E-state index in [1.54, 1.807) is 18.2 Å². The lowest BCUT2D eigenvalue weighted by Crippen LogP contribution is -2.43. The Balaban J connectivity index is 1.56. The number of carbonyl (C=O) groups excluding carboxylic acids is 1. The third-order valence-corrected chi connectivity index (χ3v) is 4.65. The summed E-state index contributed by atoms with van der Waals surface area (Å²) in [6.45, 7) is 0. The standard InChI is InChI=1S/C16H20FNO2/c1-18-12-6-7-13(18)10-14(9-12)20-16(19)8-11-4-2-3-5-15(11)17/h2-5,12-14H,6-10H2,1H3. The Bertz CT molecular complexity index is 491. The second-order valence-corrected chi connectivity index (χ2v) is 5.90. The molecule has 2 heterocycles. The summed E-state index contributed by atoms with van der Waals surface area (Å²) in [5.41, 5.74) is 0.411. The summed E-state index contributed by atoms with van der Waals surface area (Å²) in [4.78, 5) is 14.3. The molecule has 0 radical (unpaired) electrons. The van der Waals surface area contributed by atoms with Crippen molar-refractivity contribution in [2.24, 2.45) is 0 Å². The molecule has 2 bridgehead atoms. The molecule has 0 aromatic heterocycles. The summed E-state index contributed by atoms with van der Waals surface area (Å²) in [7, 11) is 2.15. The second-order valence-electron chi connectivity index (χ2n) is 5.90. The summed E-state index contributed by atoms with van der Waals surface area (Å²) >= 11 is 0. The Morgan fingerprint density at radius 3 is 2.60 bits per heavy atom. The van der Waals surface area contributed by atoms with Gasteiger partial charge in [0.1, 0.15) is 11.9 Å². The molecule has 0 amide bonds. The van der Waals surface area contributed by atoms with Crippen molar-refractivity contribution in [3.63, 3.8) is 0 Å². The molecule has 1 aromatic carbocycles. The molecule has 2 fully saturated rings. The first-order valence-corrected chi connectivity index (χ1v) is 7.28. The number of nitrogens with zero attached hydrogens (tertiary/aromatic N) is 1. The molecule has 0 aliphatic carbocycles. The van der Waals surface area contributed by atoms with E-state index >= 15 is 0 Å². The normalized spacial score (nSPS) is 29.4. The highest BCUT2D eigenvalue weighted by molar-refractivity contribution is 5.72. The number of piperidine rings is 1. The summed E-state index contributed by atoms with van der Waals surface area (Å²) < 4.78 is 19.0. The van der Waals surface area contributed by atoms with Gasteiger partial charge in [-0.05, 0) is 44.4 Å². The van der Waals surface area contributed by atoms with Gasteiger partial charge in [0.05, 0.1) is 6.42 Å². The topological polar surface area (TPSA) is 29.5 Å². The monoisotopic (exact) mass is 277 g/mol. The van der Waals surface area contributed by atoms with Crippen LogP contribution in [0, 0.1) is 5.82 Å². The van der Waals surface area contributed by atoms with E-state index in [2.05, 4.69) is 11.9 Å². The Kier molecular flexibility index (Phi) is 3.74. The van der Waals surface area contributed by atoms with Crippen molar-refractivity contribution in [2.45, 2.75) is 50.3 Å². The number of fused-ring (bicyclic) bond motifs is 2. The molecule has 3 nitrogen and oxygen atoms in total. The maximum absolute atomic E-state index is 13.5. The highest BCUT2D eigenvalue weighted by Gasteiger charge is 2.39. The highest BCUT2D eigenvalue weighted by Crippen LogP contribution is 2.35. The van der Waals surface area contributed by atoms with Crippen molar-refractivity contribution in [3.8, 4) is 0 Å². The molecule has 1 aromatic rings. The van der Waals surface area contributed by atoms with E-state index in [1.165, 1.54) is 18.9 Å². The molecule has 108 valence electrons. The Labute approximate surface area is 118 Å². The Morgan fingerprint density at radius 1 is 1.30 bits per heavy atom. The minimum absolute atomic E-state index is 0.00275. The predicted molar refractivity (Wildman–Crippen MR) is 73.8 cm³/mol. The second kappa shape index (κ2) is 5.52. The van der Waals surface area contributed by atoms with Gasteiger partial charge in [0, 0.05) is 12.1 Å². The van der Waals surface area contributed by atoms with E-state index in [9.17, 15) is 9.18 Å². The van der Waals surface area contributed by atoms with E-state index in [0.29, 0.717) is 17.6 Å². The smallest absolute Gasteiger partial charge is 0.310 e. The molecular formula is C16H20FNO2. The first-order chi connectivity index (χ1) is 9.63. The van der Waals surface area contributed by atoms with Gasteiger partial charge >= 0.3 is 5.97 Å². The molecule has 0 N–H and O–H groups in total. The number of esters is 1. The van der Waals surface area contributed by atoms with Crippen molar-refractivity contribution in [2.75, 3.05) is 7.05 Å². The average Bonchev–Trinajstić information content (AvgIpc) is 2.63. The van der Waals surface area contributed by atoms with Gasteiger partial charge in [-0.3, -0.25) is 4.79 Å². The van der Waals surface area contributed by atoms with Crippen LogP contribution in [-0.4, -0.2) is 36.1 Å². The van der Waals surface area contributed by atoms with Gasteiger partial charge in [-0.25, -0.2) is 4.39 Å². The summed E-state index contributed by atoms with van der Waals surface area (Å²) in [6.07, 6.45) is 4.24. The third-order valence-electron chi connectivity index (χ3n) is 4.65. The van der Waals surface area contributed by atoms with Crippen molar-refractivity contribution >= 4 is 5.97 Å². The number of hydrogen-bond donors (Lipinski definition) is 0. The van der Waals surface area contributed by atoms with Gasteiger partial charge in [-0.2, -0.15) is 0 Å². The quantitative estimate of drug-likeness (QED) is 0.795. The van der Waals surface area contributed by atoms with Crippen LogP contribution in [0.5, 0.6) is 0 Å². The summed E-state index contributed by atoms with van der Waals surface area (Å²) in [5, 5.41) is 0. The van der Waals surface area contributed by atoms with Crippen LogP contribution in [0.2, 0.25) is 0 Å². The van der Waals surface area contributed by atoms with Gasteiger partial charge in [0.15, 0.2) is 0 Å². The fourth-order valence-corrected chi connectivity index (χ4v) is 3.48. The fourth-order valence-electron chi connectivity index (χ4n) is 3.48. The molecule has 3 rings (SSSR count). The van der Waals surface area contributed by atoms with Crippen LogP contribution < -0.4 is 0 Å². The third kappa shape index (κ3) is 2.70. The average molecular weight is 277 g/mol. The van der Waals surface area contributed by atoms with Gasteiger partial charge < -0.3 is 9.64 Å². The van der Waals surface area contributed by atoms with E-state index in [-0.39, 0.29) is 24.3 Å². The van der Waals surface area contributed by atoms with Crippen LogP contribution >= 0.6 is 0 Å². The SMILES string of the molecule is CN1C2CCC1CC(OC(=O)Cc1ccccc1F)C2. The zero-order chi connectivity index (χ0) is 14.1. The van der Waals surface area contributed by atoms with Gasteiger partial charge in [0.2, 0.25) is 0 Å². The lowest BCUT2D eigenvalue weighted by Gasteiger charge is -2.35. The van der Waals surface area contributed by atoms with Crippen molar-refractivity contribution in [3.05, 3.63) is 35.6 Å². The highest BCUT2D eigenvalue weighted by atomic mass is 19.1. The van der Waals surface area contributed by atoms with Crippen LogP contribution in [0.4, 0.5) is 4.39 Å². The minimum atomic E-state index is -0.340. The maximum Gasteiger partial charge on any atom is 0.310 e. The number of rotatable bonds is 3. The maximum atomic E-state index is 13.5. The van der Waals surface area contributed by atoms with Crippen LogP contribution in [0.15, 0.2) is 24.3 Å². The minimum Gasteiger partial charge on any atom is -0.462 e.